The molecular weight excluding hydrogens is 318 g/mol. The highest BCUT2D eigenvalue weighted by Gasteiger charge is 2.30. The van der Waals surface area contributed by atoms with Gasteiger partial charge in [-0.3, -0.25) is 9.59 Å². The Balaban J connectivity index is 1.45. The second-order valence-corrected chi connectivity index (χ2v) is 6.72. The summed E-state index contributed by atoms with van der Waals surface area (Å²) < 4.78 is 5.51. The van der Waals surface area contributed by atoms with Crippen LogP contribution in [0.15, 0.2) is 30.5 Å². The summed E-state index contributed by atoms with van der Waals surface area (Å²) in [7, 11) is 0. The van der Waals surface area contributed by atoms with Crippen LogP contribution in [0.1, 0.15) is 29.6 Å². The fraction of sp³-hybridized carbons (Fsp3) is 0.474. The van der Waals surface area contributed by atoms with Crippen molar-refractivity contribution in [2.75, 3.05) is 32.8 Å². The molecule has 1 atom stereocenters. The molecule has 2 aromatic rings. The van der Waals surface area contributed by atoms with E-state index in [9.17, 15) is 9.59 Å². The quantitative estimate of drug-likeness (QED) is 0.909. The van der Waals surface area contributed by atoms with Gasteiger partial charge in [0.15, 0.2) is 0 Å². The monoisotopic (exact) mass is 341 g/mol. The molecule has 25 heavy (non-hydrogen) atoms. The van der Waals surface area contributed by atoms with Crippen molar-refractivity contribution in [3.8, 4) is 0 Å². The topological polar surface area (TPSA) is 65.6 Å². The van der Waals surface area contributed by atoms with Crippen LogP contribution < -0.4 is 0 Å². The van der Waals surface area contributed by atoms with E-state index in [-0.39, 0.29) is 17.9 Å². The van der Waals surface area contributed by atoms with Gasteiger partial charge in [0.25, 0.3) is 11.8 Å². The highest BCUT2D eigenvalue weighted by Crippen LogP contribution is 2.21. The predicted molar refractivity (Wildman–Crippen MR) is 94.4 cm³/mol. The SMILES string of the molecule is O=C(c1c[nH]c2ccccc12)N1CCCN(C(=O)C2CCCO2)CC1. The number of fused-ring (bicyclic) bond motifs is 1. The number of benzene rings is 1. The highest BCUT2D eigenvalue weighted by atomic mass is 16.5. The second kappa shape index (κ2) is 6.88. The number of hydrogen-bond donors (Lipinski definition) is 1. The number of rotatable bonds is 2. The summed E-state index contributed by atoms with van der Waals surface area (Å²) in [5, 5.41) is 0.948. The van der Waals surface area contributed by atoms with Gasteiger partial charge in [0, 0.05) is 49.9 Å². The van der Waals surface area contributed by atoms with Crippen LogP contribution in [0.2, 0.25) is 0 Å². The first kappa shape index (κ1) is 16.1. The predicted octanol–water partition coefficient (Wildman–Crippen LogP) is 2.02. The van der Waals surface area contributed by atoms with Crippen molar-refractivity contribution < 1.29 is 14.3 Å². The maximum atomic E-state index is 12.9. The fourth-order valence-corrected chi connectivity index (χ4v) is 3.74. The van der Waals surface area contributed by atoms with E-state index in [1.54, 1.807) is 6.20 Å². The third kappa shape index (κ3) is 3.14. The maximum absolute atomic E-state index is 12.9. The molecule has 6 heteroatoms. The van der Waals surface area contributed by atoms with Gasteiger partial charge in [-0.05, 0) is 25.3 Å². The number of H-pyrrole nitrogens is 1. The molecule has 0 bridgehead atoms. The Bertz CT molecular complexity index is 779. The first-order valence-electron chi connectivity index (χ1n) is 9.00. The normalized spacial score (nSPS) is 21.5. The van der Waals surface area contributed by atoms with Crippen LogP contribution in [0.5, 0.6) is 0 Å². The number of ether oxygens (including phenoxy) is 1. The Morgan fingerprint density at radius 3 is 2.68 bits per heavy atom. The number of carbonyl (C=O) groups excluding carboxylic acids is 2. The summed E-state index contributed by atoms with van der Waals surface area (Å²) in [6, 6.07) is 7.83. The number of hydrogen-bond acceptors (Lipinski definition) is 3. The lowest BCUT2D eigenvalue weighted by Gasteiger charge is -2.24. The molecule has 2 amide bonds. The molecule has 1 aromatic heterocycles. The molecule has 0 spiro atoms. The van der Waals surface area contributed by atoms with Crippen molar-refractivity contribution in [2.45, 2.75) is 25.4 Å². The van der Waals surface area contributed by atoms with Crippen molar-refractivity contribution in [3.05, 3.63) is 36.0 Å². The lowest BCUT2D eigenvalue weighted by molar-refractivity contribution is -0.140. The number of nitrogens with zero attached hydrogens (tertiary/aromatic N) is 2. The zero-order chi connectivity index (χ0) is 17.2. The zero-order valence-corrected chi connectivity index (χ0v) is 14.2. The average Bonchev–Trinajstić information content (AvgIpc) is 3.25. The molecular formula is C19H23N3O3. The van der Waals surface area contributed by atoms with Crippen molar-refractivity contribution in [1.29, 1.82) is 0 Å². The summed E-state index contributed by atoms with van der Waals surface area (Å²) in [5.74, 6) is 0.114. The van der Waals surface area contributed by atoms with E-state index >= 15 is 0 Å². The molecule has 2 fully saturated rings. The number of aromatic amines is 1. The number of aromatic nitrogens is 1. The van der Waals surface area contributed by atoms with Crippen molar-refractivity contribution >= 4 is 22.7 Å². The Morgan fingerprint density at radius 1 is 1.04 bits per heavy atom. The van der Waals surface area contributed by atoms with Gasteiger partial charge >= 0.3 is 0 Å². The molecule has 2 saturated heterocycles. The minimum atomic E-state index is -0.282. The van der Waals surface area contributed by atoms with Crippen LogP contribution >= 0.6 is 0 Å². The minimum Gasteiger partial charge on any atom is -0.368 e. The number of para-hydroxylation sites is 1. The standard InChI is InChI=1S/C19H23N3O3/c23-18(15-13-20-16-6-2-1-5-14(15)16)21-8-4-9-22(11-10-21)19(24)17-7-3-12-25-17/h1-2,5-6,13,17,20H,3-4,7-12H2. The molecule has 3 heterocycles. The van der Waals surface area contributed by atoms with Gasteiger partial charge < -0.3 is 19.5 Å². The highest BCUT2D eigenvalue weighted by molar-refractivity contribution is 6.06. The van der Waals surface area contributed by atoms with E-state index in [0.717, 1.165) is 30.2 Å². The fourth-order valence-electron chi connectivity index (χ4n) is 3.74. The van der Waals surface area contributed by atoms with E-state index in [4.69, 9.17) is 4.74 Å². The van der Waals surface area contributed by atoms with Gasteiger partial charge in [-0.25, -0.2) is 0 Å². The maximum Gasteiger partial charge on any atom is 0.256 e. The lowest BCUT2D eigenvalue weighted by atomic mass is 10.1. The van der Waals surface area contributed by atoms with Gasteiger partial charge in [-0.2, -0.15) is 0 Å². The van der Waals surface area contributed by atoms with Crippen LogP contribution in [0.25, 0.3) is 10.9 Å². The third-order valence-corrected chi connectivity index (χ3v) is 5.12. The molecule has 0 aliphatic carbocycles. The molecule has 2 aliphatic heterocycles. The molecule has 1 unspecified atom stereocenters. The Kier molecular flexibility index (Phi) is 4.44. The van der Waals surface area contributed by atoms with Crippen LogP contribution in [0, 0.1) is 0 Å². The molecule has 1 N–H and O–H groups in total. The van der Waals surface area contributed by atoms with Gasteiger partial charge in [-0.15, -0.1) is 0 Å². The molecule has 4 rings (SSSR count). The van der Waals surface area contributed by atoms with Crippen molar-refractivity contribution in [2.24, 2.45) is 0 Å². The number of carbonyl (C=O) groups is 2. The van der Waals surface area contributed by atoms with Gasteiger partial charge in [0.05, 0.1) is 5.56 Å². The van der Waals surface area contributed by atoms with Crippen molar-refractivity contribution in [1.82, 2.24) is 14.8 Å². The summed E-state index contributed by atoms with van der Waals surface area (Å²) in [6.45, 7) is 3.18. The van der Waals surface area contributed by atoms with E-state index in [1.807, 2.05) is 34.1 Å². The molecule has 132 valence electrons. The van der Waals surface area contributed by atoms with Gasteiger partial charge in [-0.1, -0.05) is 18.2 Å². The van der Waals surface area contributed by atoms with Crippen molar-refractivity contribution in [3.63, 3.8) is 0 Å². The second-order valence-electron chi connectivity index (χ2n) is 6.72. The molecule has 0 saturated carbocycles. The van der Waals surface area contributed by atoms with Gasteiger partial charge in [0.1, 0.15) is 6.10 Å². The largest absolute Gasteiger partial charge is 0.368 e. The molecule has 2 aliphatic rings. The van der Waals surface area contributed by atoms with E-state index < -0.39 is 0 Å². The van der Waals surface area contributed by atoms with E-state index in [0.29, 0.717) is 38.3 Å². The van der Waals surface area contributed by atoms with E-state index in [2.05, 4.69) is 4.98 Å². The van der Waals surface area contributed by atoms with E-state index in [1.165, 1.54) is 0 Å². The Labute approximate surface area is 146 Å². The smallest absolute Gasteiger partial charge is 0.256 e. The third-order valence-electron chi connectivity index (χ3n) is 5.12. The molecule has 6 nitrogen and oxygen atoms in total. The van der Waals surface area contributed by atoms with Crippen LogP contribution in [-0.2, 0) is 9.53 Å². The minimum absolute atomic E-state index is 0.0314. The van der Waals surface area contributed by atoms with Crippen LogP contribution in [0.4, 0.5) is 0 Å². The number of nitrogens with one attached hydrogen (secondary N) is 1. The lowest BCUT2D eigenvalue weighted by Crippen LogP contribution is -2.41. The average molecular weight is 341 g/mol. The van der Waals surface area contributed by atoms with Gasteiger partial charge in [0.2, 0.25) is 0 Å². The summed E-state index contributed by atoms with van der Waals surface area (Å²) in [4.78, 5) is 32.3. The Hall–Kier alpha value is -2.34. The summed E-state index contributed by atoms with van der Waals surface area (Å²) in [6.07, 6.45) is 4.07. The first-order chi connectivity index (χ1) is 12.2. The Morgan fingerprint density at radius 2 is 1.84 bits per heavy atom. The number of amides is 2. The van der Waals surface area contributed by atoms with Crippen LogP contribution in [-0.4, -0.2) is 65.5 Å². The molecule has 1 aromatic carbocycles. The molecule has 0 radical (unpaired) electrons. The summed E-state index contributed by atoms with van der Waals surface area (Å²) in [5.41, 5.74) is 1.67. The zero-order valence-electron chi connectivity index (χ0n) is 14.2. The summed E-state index contributed by atoms with van der Waals surface area (Å²) >= 11 is 0. The van der Waals surface area contributed by atoms with Crippen LogP contribution in [0.3, 0.4) is 0 Å². The first-order valence-corrected chi connectivity index (χ1v) is 9.00.